The lowest BCUT2D eigenvalue weighted by Crippen LogP contribution is -2.35. The van der Waals surface area contributed by atoms with Crippen molar-refractivity contribution in [3.05, 3.63) is 29.8 Å². The maximum Gasteiger partial charge on any atom is 0.222 e. The van der Waals surface area contributed by atoms with E-state index < -0.39 is 5.60 Å². The van der Waals surface area contributed by atoms with Gasteiger partial charge in [-0.05, 0) is 44.4 Å². The van der Waals surface area contributed by atoms with Crippen LogP contribution in [0, 0.1) is 5.92 Å². The maximum absolute atomic E-state index is 12.2. The number of carbonyl (C=O) groups excluding carboxylic acids is 1. The molecule has 0 aliphatic carbocycles. The summed E-state index contributed by atoms with van der Waals surface area (Å²) < 4.78 is 0. The van der Waals surface area contributed by atoms with E-state index in [-0.39, 0.29) is 17.6 Å². The molecule has 1 atom stereocenters. The fourth-order valence-corrected chi connectivity index (χ4v) is 2.68. The number of likely N-dealkylation sites (tertiary alicyclic amines) is 1. The molecular formula is C16H23NO3. The van der Waals surface area contributed by atoms with Gasteiger partial charge in [0.1, 0.15) is 5.75 Å². The minimum absolute atomic E-state index is 0.125. The highest BCUT2D eigenvalue weighted by atomic mass is 16.3. The summed E-state index contributed by atoms with van der Waals surface area (Å²) in [7, 11) is 0. The summed E-state index contributed by atoms with van der Waals surface area (Å²) in [6.45, 7) is 4.98. The van der Waals surface area contributed by atoms with Crippen LogP contribution in [-0.4, -0.2) is 39.7 Å². The summed E-state index contributed by atoms with van der Waals surface area (Å²) in [6.07, 6.45) is 1.94. The van der Waals surface area contributed by atoms with Crippen molar-refractivity contribution in [2.45, 2.75) is 38.7 Å². The Hall–Kier alpha value is -1.55. The third-order valence-corrected chi connectivity index (χ3v) is 4.08. The molecule has 0 saturated carbocycles. The zero-order chi connectivity index (χ0) is 14.8. The lowest BCUT2D eigenvalue weighted by atomic mass is 9.90. The van der Waals surface area contributed by atoms with Crippen LogP contribution < -0.4 is 0 Å². The Bertz CT molecular complexity index is 479. The first kappa shape index (κ1) is 14.9. The molecule has 1 aromatic carbocycles. The van der Waals surface area contributed by atoms with Gasteiger partial charge in [0.25, 0.3) is 0 Å². The fraction of sp³-hybridized carbons (Fsp3) is 0.562. The van der Waals surface area contributed by atoms with Crippen LogP contribution in [0.1, 0.15) is 32.3 Å². The molecule has 20 heavy (non-hydrogen) atoms. The number of rotatable bonds is 4. The number of aliphatic hydroxyl groups is 1. The normalized spacial score (nSPS) is 19.4. The maximum atomic E-state index is 12.2. The van der Waals surface area contributed by atoms with Crippen molar-refractivity contribution in [2.75, 3.05) is 13.1 Å². The number of phenols is 1. The van der Waals surface area contributed by atoms with Crippen LogP contribution in [-0.2, 0) is 11.2 Å². The molecule has 1 amide bonds. The standard InChI is InChI=1S/C16H23NO3/c1-16(2,20)13-8-9-17(11-13)15(19)7-6-12-4-3-5-14(18)10-12/h3-5,10,13,18,20H,6-9,11H2,1-2H3/t13-/m0/s1. The van der Waals surface area contributed by atoms with Crippen LogP contribution in [0.15, 0.2) is 24.3 Å². The van der Waals surface area contributed by atoms with E-state index >= 15 is 0 Å². The summed E-state index contributed by atoms with van der Waals surface area (Å²) in [5.74, 6) is 0.519. The van der Waals surface area contributed by atoms with E-state index in [9.17, 15) is 15.0 Å². The number of aromatic hydroxyl groups is 1. The molecule has 0 aromatic heterocycles. The topological polar surface area (TPSA) is 60.8 Å². The first-order chi connectivity index (χ1) is 9.36. The molecule has 4 heteroatoms. The third-order valence-electron chi connectivity index (χ3n) is 4.08. The highest BCUT2D eigenvalue weighted by Gasteiger charge is 2.34. The Morgan fingerprint density at radius 2 is 2.20 bits per heavy atom. The monoisotopic (exact) mass is 277 g/mol. The lowest BCUT2D eigenvalue weighted by molar-refractivity contribution is -0.130. The first-order valence-electron chi connectivity index (χ1n) is 7.14. The van der Waals surface area contributed by atoms with Gasteiger partial charge in [-0.2, -0.15) is 0 Å². The van der Waals surface area contributed by atoms with Gasteiger partial charge in [0.2, 0.25) is 5.91 Å². The van der Waals surface area contributed by atoms with Crippen molar-refractivity contribution in [3.8, 4) is 5.75 Å². The van der Waals surface area contributed by atoms with Crippen LogP contribution in [0.2, 0.25) is 0 Å². The van der Waals surface area contributed by atoms with E-state index in [2.05, 4.69) is 0 Å². The van der Waals surface area contributed by atoms with Crippen LogP contribution in [0.25, 0.3) is 0 Å². The molecule has 1 saturated heterocycles. The summed E-state index contributed by atoms with van der Waals surface area (Å²) in [5, 5.41) is 19.4. The van der Waals surface area contributed by atoms with Crippen molar-refractivity contribution in [1.29, 1.82) is 0 Å². The van der Waals surface area contributed by atoms with Crippen LogP contribution >= 0.6 is 0 Å². The average Bonchev–Trinajstić information content (AvgIpc) is 2.85. The highest BCUT2D eigenvalue weighted by molar-refractivity contribution is 5.76. The molecule has 110 valence electrons. The van der Waals surface area contributed by atoms with Crippen LogP contribution in [0.5, 0.6) is 5.75 Å². The van der Waals surface area contributed by atoms with Gasteiger partial charge in [0.05, 0.1) is 5.60 Å². The first-order valence-corrected chi connectivity index (χ1v) is 7.14. The SMILES string of the molecule is CC(C)(O)[C@H]1CCN(C(=O)CCc2cccc(O)c2)C1. The molecule has 1 aromatic rings. The molecule has 1 heterocycles. The van der Waals surface area contributed by atoms with E-state index in [1.165, 1.54) is 0 Å². The van der Waals surface area contributed by atoms with Crippen molar-refractivity contribution in [1.82, 2.24) is 4.90 Å². The smallest absolute Gasteiger partial charge is 0.222 e. The van der Waals surface area contributed by atoms with Gasteiger partial charge in [0.15, 0.2) is 0 Å². The van der Waals surface area contributed by atoms with Crippen LogP contribution in [0.4, 0.5) is 0 Å². The van der Waals surface area contributed by atoms with Crippen LogP contribution in [0.3, 0.4) is 0 Å². The van der Waals surface area contributed by atoms with Gasteiger partial charge in [-0.1, -0.05) is 12.1 Å². The fourth-order valence-electron chi connectivity index (χ4n) is 2.68. The van der Waals surface area contributed by atoms with E-state index in [4.69, 9.17) is 0 Å². The van der Waals surface area contributed by atoms with E-state index in [0.717, 1.165) is 18.5 Å². The van der Waals surface area contributed by atoms with Gasteiger partial charge in [-0.25, -0.2) is 0 Å². The number of aryl methyl sites for hydroxylation is 1. The van der Waals surface area contributed by atoms with Gasteiger partial charge < -0.3 is 15.1 Å². The largest absolute Gasteiger partial charge is 0.508 e. The summed E-state index contributed by atoms with van der Waals surface area (Å²) in [4.78, 5) is 14.0. The number of hydrogen-bond acceptors (Lipinski definition) is 3. The number of carbonyl (C=O) groups is 1. The Labute approximate surface area is 120 Å². The minimum atomic E-state index is -0.722. The Kier molecular flexibility index (Phi) is 4.33. The Morgan fingerprint density at radius 3 is 2.80 bits per heavy atom. The van der Waals surface area contributed by atoms with Crippen molar-refractivity contribution in [2.24, 2.45) is 5.92 Å². The number of benzene rings is 1. The van der Waals surface area contributed by atoms with Gasteiger partial charge in [-0.15, -0.1) is 0 Å². The lowest BCUT2D eigenvalue weighted by Gasteiger charge is -2.25. The summed E-state index contributed by atoms with van der Waals surface area (Å²) in [6, 6.07) is 7.02. The van der Waals surface area contributed by atoms with Gasteiger partial charge >= 0.3 is 0 Å². The number of phenolic OH excluding ortho intramolecular Hbond substituents is 1. The molecule has 0 unspecified atom stereocenters. The molecule has 0 spiro atoms. The molecule has 1 aliphatic heterocycles. The van der Waals surface area contributed by atoms with Crippen molar-refractivity contribution >= 4 is 5.91 Å². The van der Waals surface area contributed by atoms with E-state index in [0.29, 0.717) is 19.4 Å². The zero-order valence-corrected chi connectivity index (χ0v) is 12.2. The number of amides is 1. The third kappa shape index (κ3) is 3.73. The Balaban J connectivity index is 1.84. The minimum Gasteiger partial charge on any atom is -0.508 e. The molecule has 0 radical (unpaired) electrons. The Morgan fingerprint density at radius 1 is 1.45 bits per heavy atom. The molecule has 0 bridgehead atoms. The summed E-state index contributed by atoms with van der Waals surface area (Å²) in [5.41, 5.74) is 0.247. The second kappa shape index (κ2) is 5.83. The molecule has 2 rings (SSSR count). The number of hydrogen-bond donors (Lipinski definition) is 2. The quantitative estimate of drug-likeness (QED) is 0.884. The average molecular weight is 277 g/mol. The predicted molar refractivity (Wildman–Crippen MR) is 77.4 cm³/mol. The van der Waals surface area contributed by atoms with E-state index in [1.54, 1.807) is 32.0 Å². The molecule has 1 fully saturated rings. The predicted octanol–water partition coefficient (Wildman–Crippen LogP) is 1.94. The summed E-state index contributed by atoms with van der Waals surface area (Å²) >= 11 is 0. The molecular weight excluding hydrogens is 254 g/mol. The van der Waals surface area contributed by atoms with Crippen molar-refractivity contribution in [3.63, 3.8) is 0 Å². The second-order valence-electron chi connectivity index (χ2n) is 6.15. The highest BCUT2D eigenvalue weighted by Crippen LogP contribution is 2.27. The molecule has 1 aliphatic rings. The molecule has 2 N–H and O–H groups in total. The van der Waals surface area contributed by atoms with E-state index in [1.807, 2.05) is 11.0 Å². The van der Waals surface area contributed by atoms with Gasteiger partial charge in [0, 0.05) is 25.4 Å². The van der Waals surface area contributed by atoms with Crippen molar-refractivity contribution < 1.29 is 15.0 Å². The molecule has 4 nitrogen and oxygen atoms in total. The zero-order valence-electron chi connectivity index (χ0n) is 12.2. The second-order valence-corrected chi connectivity index (χ2v) is 6.15. The van der Waals surface area contributed by atoms with Gasteiger partial charge in [-0.3, -0.25) is 4.79 Å². The number of nitrogens with zero attached hydrogens (tertiary/aromatic N) is 1.